The van der Waals surface area contributed by atoms with Gasteiger partial charge in [0.05, 0.1) is 19.3 Å². The van der Waals surface area contributed by atoms with E-state index in [1.54, 1.807) is 13.3 Å². The molecule has 0 amide bonds. The summed E-state index contributed by atoms with van der Waals surface area (Å²) < 4.78 is 18.0. The summed E-state index contributed by atoms with van der Waals surface area (Å²) in [7, 11) is 1.66. The minimum absolute atomic E-state index is 0.00368. The number of nitrogens with zero attached hydrogens (tertiary/aromatic N) is 1. The van der Waals surface area contributed by atoms with E-state index in [2.05, 4.69) is 31.0 Å². The van der Waals surface area contributed by atoms with Gasteiger partial charge >= 0.3 is 0 Å². The molecule has 3 aliphatic rings. The van der Waals surface area contributed by atoms with Crippen molar-refractivity contribution in [3.05, 3.63) is 53.9 Å². The van der Waals surface area contributed by atoms with Crippen LogP contribution in [0.2, 0.25) is 0 Å². The fourth-order valence-electron chi connectivity index (χ4n) is 6.38. The number of hydrogen-bond donors (Lipinski definition) is 1. The van der Waals surface area contributed by atoms with E-state index in [0.29, 0.717) is 36.5 Å². The molecule has 5 rings (SSSR count). The van der Waals surface area contributed by atoms with E-state index in [1.807, 2.05) is 24.4 Å². The fraction of sp³-hybridized carbons (Fsp3) is 0.560. The molecule has 1 N–H and O–H groups in total. The quantitative estimate of drug-likeness (QED) is 0.785. The van der Waals surface area contributed by atoms with Gasteiger partial charge in [0.2, 0.25) is 0 Å². The monoisotopic (exact) mass is 409 g/mol. The Morgan fingerprint density at radius 2 is 2.10 bits per heavy atom. The highest BCUT2D eigenvalue weighted by Gasteiger charge is 2.68. The number of aliphatic hydroxyl groups is 1. The maximum atomic E-state index is 11.2. The predicted octanol–water partition coefficient (Wildman–Crippen LogP) is 4.54. The predicted molar refractivity (Wildman–Crippen MR) is 113 cm³/mol. The summed E-state index contributed by atoms with van der Waals surface area (Å²) in [4.78, 5) is 4.15. The van der Waals surface area contributed by atoms with Crippen molar-refractivity contribution in [2.45, 2.75) is 51.9 Å². The van der Waals surface area contributed by atoms with Crippen LogP contribution in [0.3, 0.4) is 0 Å². The molecule has 5 nitrogen and oxygen atoms in total. The molecular weight excluding hydrogens is 378 g/mol. The van der Waals surface area contributed by atoms with Gasteiger partial charge in [-0.3, -0.25) is 4.98 Å². The minimum atomic E-state index is -0.264. The summed E-state index contributed by atoms with van der Waals surface area (Å²) >= 11 is 0. The zero-order valence-corrected chi connectivity index (χ0v) is 18.0. The van der Waals surface area contributed by atoms with Crippen LogP contribution in [0.4, 0.5) is 0 Å². The third-order valence-electron chi connectivity index (χ3n) is 8.07. The number of aromatic nitrogens is 1. The number of methoxy groups -OCH3 is 1. The molecule has 1 aromatic heterocycles. The van der Waals surface area contributed by atoms with Crippen LogP contribution in [0.1, 0.15) is 50.3 Å². The first kappa shape index (κ1) is 19.8. The molecule has 30 heavy (non-hydrogen) atoms. The van der Waals surface area contributed by atoms with Crippen molar-refractivity contribution >= 4 is 0 Å². The van der Waals surface area contributed by atoms with Gasteiger partial charge in [0.15, 0.2) is 11.5 Å². The van der Waals surface area contributed by atoms with Gasteiger partial charge in [0.1, 0.15) is 6.61 Å². The van der Waals surface area contributed by atoms with Crippen molar-refractivity contribution in [3.63, 3.8) is 0 Å². The molecule has 1 spiro atoms. The lowest BCUT2D eigenvalue weighted by Gasteiger charge is -2.51. The average Bonchev–Trinajstić information content (AvgIpc) is 3.26. The van der Waals surface area contributed by atoms with E-state index in [4.69, 9.17) is 14.2 Å². The van der Waals surface area contributed by atoms with Gasteiger partial charge in [-0.05, 0) is 60.3 Å². The second kappa shape index (κ2) is 7.24. The first-order valence-corrected chi connectivity index (χ1v) is 10.9. The number of fused-ring (bicyclic) bond motifs is 1. The Kier molecular flexibility index (Phi) is 4.79. The first-order valence-electron chi connectivity index (χ1n) is 10.9. The number of aliphatic hydroxyl groups excluding tert-OH is 1. The number of rotatable bonds is 5. The van der Waals surface area contributed by atoms with Crippen molar-refractivity contribution in [1.29, 1.82) is 0 Å². The molecule has 2 bridgehead atoms. The van der Waals surface area contributed by atoms with Crippen LogP contribution < -0.4 is 9.47 Å². The van der Waals surface area contributed by atoms with Crippen molar-refractivity contribution in [2.24, 2.45) is 22.7 Å². The van der Waals surface area contributed by atoms with Crippen molar-refractivity contribution < 1.29 is 19.3 Å². The van der Waals surface area contributed by atoms with Crippen molar-refractivity contribution in [3.8, 4) is 11.5 Å². The topological polar surface area (TPSA) is 60.8 Å². The highest BCUT2D eigenvalue weighted by atomic mass is 16.5. The molecular formula is C25H31NO4. The summed E-state index contributed by atoms with van der Waals surface area (Å²) in [5.41, 5.74) is 2.10. The van der Waals surface area contributed by atoms with Crippen LogP contribution in [0.25, 0.3) is 0 Å². The average molecular weight is 410 g/mol. The molecule has 3 fully saturated rings. The number of hydrogen-bond acceptors (Lipinski definition) is 5. The van der Waals surface area contributed by atoms with Crippen LogP contribution in [-0.4, -0.2) is 29.9 Å². The van der Waals surface area contributed by atoms with Gasteiger partial charge in [-0.2, -0.15) is 0 Å². The lowest BCUT2D eigenvalue weighted by atomic mass is 9.60. The summed E-state index contributed by atoms with van der Waals surface area (Å²) in [6.45, 7) is 5.59. The second-order valence-corrected chi connectivity index (χ2v) is 9.80. The maximum absolute atomic E-state index is 11.2. The van der Waals surface area contributed by atoms with Gasteiger partial charge in [-0.25, -0.2) is 0 Å². The standard InChI is InChI=1S/C25H31NO4/c1-24(2)18-12-19-22(29-10-8-25(19,13-18)23(24)27)17-6-7-20(28-3)21(11-17)30-15-16-5-4-9-26-14-16/h4-7,9,11,14,18-19,22-23,27H,8,10,12-13,15H2,1-3H3/t18-,19-,22-,23-,25?/m1/s1. The smallest absolute Gasteiger partial charge is 0.162 e. The number of ether oxygens (including phenoxy) is 3. The molecule has 1 saturated heterocycles. The van der Waals surface area contributed by atoms with E-state index in [-0.39, 0.29) is 23.0 Å². The van der Waals surface area contributed by atoms with Crippen LogP contribution in [0.15, 0.2) is 42.7 Å². The van der Waals surface area contributed by atoms with E-state index in [9.17, 15) is 5.11 Å². The second-order valence-electron chi connectivity index (χ2n) is 9.80. The van der Waals surface area contributed by atoms with E-state index in [0.717, 1.165) is 30.4 Å². The van der Waals surface area contributed by atoms with Crippen LogP contribution in [0.5, 0.6) is 11.5 Å². The third kappa shape index (κ3) is 2.94. The zero-order chi connectivity index (χ0) is 20.9. The summed E-state index contributed by atoms with van der Waals surface area (Å²) in [5.74, 6) is 2.33. The van der Waals surface area contributed by atoms with Gasteiger partial charge in [0, 0.05) is 30.0 Å². The first-order chi connectivity index (χ1) is 14.5. The number of pyridine rings is 1. The van der Waals surface area contributed by atoms with Gasteiger partial charge in [0.25, 0.3) is 0 Å². The molecule has 2 heterocycles. The van der Waals surface area contributed by atoms with E-state index < -0.39 is 0 Å². The molecule has 160 valence electrons. The molecule has 2 aliphatic carbocycles. The molecule has 1 aliphatic heterocycles. The molecule has 5 heteroatoms. The van der Waals surface area contributed by atoms with Crippen LogP contribution >= 0.6 is 0 Å². The normalized spacial score (nSPS) is 33.9. The maximum Gasteiger partial charge on any atom is 0.162 e. The Morgan fingerprint density at radius 1 is 1.23 bits per heavy atom. The molecule has 1 aromatic carbocycles. The van der Waals surface area contributed by atoms with Crippen molar-refractivity contribution in [1.82, 2.24) is 4.98 Å². The molecule has 1 unspecified atom stereocenters. The summed E-state index contributed by atoms with van der Waals surface area (Å²) in [5, 5.41) is 11.2. The Bertz CT molecular complexity index is 915. The molecule has 2 saturated carbocycles. The van der Waals surface area contributed by atoms with E-state index >= 15 is 0 Å². The fourth-order valence-corrected chi connectivity index (χ4v) is 6.38. The zero-order valence-electron chi connectivity index (χ0n) is 18.0. The summed E-state index contributed by atoms with van der Waals surface area (Å²) in [6.07, 6.45) is 6.48. The Balaban J connectivity index is 1.42. The highest BCUT2D eigenvalue weighted by Crippen LogP contribution is 2.70. The Labute approximate surface area is 178 Å². The lowest BCUT2D eigenvalue weighted by Crippen LogP contribution is -2.51. The van der Waals surface area contributed by atoms with Gasteiger partial charge < -0.3 is 19.3 Å². The lowest BCUT2D eigenvalue weighted by molar-refractivity contribution is -0.164. The van der Waals surface area contributed by atoms with Crippen LogP contribution in [-0.2, 0) is 11.3 Å². The Morgan fingerprint density at radius 3 is 2.83 bits per heavy atom. The highest BCUT2D eigenvalue weighted by molar-refractivity contribution is 5.44. The summed E-state index contributed by atoms with van der Waals surface area (Å²) in [6, 6.07) is 10.0. The molecule has 2 aromatic rings. The third-order valence-corrected chi connectivity index (χ3v) is 8.07. The molecule has 5 atom stereocenters. The number of benzene rings is 1. The largest absolute Gasteiger partial charge is 0.493 e. The van der Waals surface area contributed by atoms with Gasteiger partial charge in [-0.1, -0.05) is 26.0 Å². The van der Waals surface area contributed by atoms with E-state index in [1.165, 1.54) is 0 Å². The SMILES string of the molecule is COc1ccc([C@H]2OCCC34C[C@@H](C[C@H]23)C(C)(C)[C@H]4O)cc1OCc1cccnc1. The minimum Gasteiger partial charge on any atom is -0.493 e. The van der Waals surface area contributed by atoms with Crippen LogP contribution in [0, 0.1) is 22.7 Å². The van der Waals surface area contributed by atoms with Gasteiger partial charge in [-0.15, -0.1) is 0 Å². The van der Waals surface area contributed by atoms with Crippen molar-refractivity contribution in [2.75, 3.05) is 13.7 Å². The molecule has 0 radical (unpaired) electrons. The Hall–Kier alpha value is -2.11.